The van der Waals surface area contributed by atoms with Crippen LogP contribution in [0.2, 0.25) is 10.0 Å². The number of halogens is 3. The second-order valence-corrected chi connectivity index (χ2v) is 11.2. The molecule has 0 fully saturated rings. The lowest BCUT2D eigenvalue weighted by Crippen LogP contribution is -2.15. The predicted molar refractivity (Wildman–Crippen MR) is 133 cm³/mol. The number of rotatable bonds is 5. The zero-order valence-electron chi connectivity index (χ0n) is 18.6. The van der Waals surface area contributed by atoms with E-state index in [1.54, 1.807) is 67.1 Å². The highest BCUT2D eigenvalue weighted by atomic mass is 35.5. The van der Waals surface area contributed by atoms with Crippen LogP contribution in [0.5, 0.6) is 0 Å². The number of aromatic nitrogens is 2. The monoisotopic (exact) mass is 518 g/mol. The molecule has 3 aromatic carbocycles. The maximum absolute atomic E-state index is 14.2. The summed E-state index contributed by atoms with van der Waals surface area (Å²) in [5.74, 6) is -0.277. The molecule has 1 N–H and O–H groups in total. The Hall–Kier alpha value is -2.71. The van der Waals surface area contributed by atoms with Crippen molar-refractivity contribution in [2.24, 2.45) is 0 Å². The van der Waals surface area contributed by atoms with Crippen molar-refractivity contribution in [3.05, 3.63) is 88.4 Å². The highest BCUT2D eigenvalue weighted by molar-refractivity contribution is 7.90. The second-order valence-electron chi connectivity index (χ2n) is 8.45. The molecule has 0 aliphatic heterocycles. The van der Waals surface area contributed by atoms with Crippen LogP contribution in [0.15, 0.2) is 71.8 Å². The molecule has 0 saturated carbocycles. The first-order valence-electron chi connectivity index (χ1n) is 10.2. The Kier molecular flexibility index (Phi) is 6.33. The smallest absolute Gasteiger partial charge is 0.175 e. The minimum absolute atomic E-state index is 0.0954. The summed E-state index contributed by atoms with van der Waals surface area (Å²) in [4.78, 5) is 4.73. The largest absolute Gasteiger partial charge is 0.384 e. The van der Waals surface area contributed by atoms with Gasteiger partial charge in [0, 0.05) is 18.0 Å². The van der Waals surface area contributed by atoms with E-state index in [4.69, 9.17) is 23.2 Å². The zero-order chi connectivity index (χ0) is 24.8. The Morgan fingerprint density at radius 3 is 2.32 bits per heavy atom. The minimum atomic E-state index is -3.36. The highest BCUT2D eigenvalue weighted by Crippen LogP contribution is 2.36. The third-order valence-corrected chi connectivity index (χ3v) is 7.13. The lowest BCUT2D eigenvalue weighted by molar-refractivity contribution is 0.0743. The van der Waals surface area contributed by atoms with Crippen molar-refractivity contribution >= 4 is 33.0 Å². The summed E-state index contributed by atoms with van der Waals surface area (Å²) in [7, 11) is -3.36. The van der Waals surface area contributed by atoms with E-state index in [-0.39, 0.29) is 9.92 Å². The van der Waals surface area contributed by atoms with E-state index < -0.39 is 21.3 Å². The van der Waals surface area contributed by atoms with Gasteiger partial charge in [0.05, 0.1) is 26.3 Å². The molecule has 1 heterocycles. The summed E-state index contributed by atoms with van der Waals surface area (Å²) in [6.45, 7) is 3.19. The zero-order valence-corrected chi connectivity index (χ0v) is 20.9. The van der Waals surface area contributed by atoms with Gasteiger partial charge >= 0.3 is 0 Å². The Bertz CT molecular complexity index is 1510. The van der Waals surface area contributed by atoms with Gasteiger partial charge in [-0.25, -0.2) is 17.8 Å². The van der Waals surface area contributed by atoms with Gasteiger partial charge in [-0.15, -0.1) is 0 Å². The molecule has 0 amide bonds. The van der Waals surface area contributed by atoms with Gasteiger partial charge in [0.1, 0.15) is 17.2 Å². The molecule has 0 atom stereocenters. The maximum Gasteiger partial charge on any atom is 0.175 e. The van der Waals surface area contributed by atoms with Gasteiger partial charge in [0.15, 0.2) is 9.84 Å². The van der Waals surface area contributed by atoms with Crippen LogP contribution in [0.4, 0.5) is 4.39 Å². The fourth-order valence-electron chi connectivity index (χ4n) is 3.51. The Morgan fingerprint density at radius 1 is 1.00 bits per heavy atom. The highest BCUT2D eigenvalue weighted by Gasteiger charge is 2.25. The molecule has 1 aromatic heterocycles. The molecule has 176 valence electrons. The number of benzene rings is 3. The molecule has 0 spiro atoms. The molecular weight excluding hydrogens is 498 g/mol. The quantitative estimate of drug-likeness (QED) is 0.337. The van der Waals surface area contributed by atoms with E-state index in [1.165, 1.54) is 18.2 Å². The molecule has 0 aliphatic rings. The van der Waals surface area contributed by atoms with Crippen LogP contribution in [0, 0.1) is 5.82 Å². The van der Waals surface area contributed by atoms with E-state index in [9.17, 15) is 17.9 Å². The molecule has 9 heteroatoms. The third kappa shape index (κ3) is 4.74. The first-order chi connectivity index (χ1) is 15.9. The number of nitrogens with zero attached hydrogens (tertiary/aromatic N) is 2. The summed E-state index contributed by atoms with van der Waals surface area (Å²) in [6.07, 6.45) is 2.78. The summed E-state index contributed by atoms with van der Waals surface area (Å²) in [5.41, 5.74) is 1.36. The molecular formula is C25H21Cl2FN2O3S. The molecule has 4 aromatic rings. The molecule has 0 unspecified atom stereocenters. The first kappa shape index (κ1) is 24.4. The van der Waals surface area contributed by atoms with Crippen LogP contribution in [-0.4, -0.2) is 29.3 Å². The van der Waals surface area contributed by atoms with Crippen molar-refractivity contribution in [2.45, 2.75) is 24.3 Å². The molecule has 0 radical (unpaired) electrons. The van der Waals surface area contributed by atoms with Crippen LogP contribution < -0.4 is 0 Å². The van der Waals surface area contributed by atoms with E-state index >= 15 is 0 Å². The number of aliphatic hydroxyl groups is 1. The standard InChI is InChI=1S/C25H21Cl2FN2O3S/c1-25(2,31)22-14-30(24(29-22)18-8-5-9-20(28)23(18)27)21-11-10-16(13-19(21)26)15-6-4-7-17(12-15)34(3,32)33/h4-14,31H,1-3H3. The van der Waals surface area contributed by atoms with Crippen LogP contribution in [-0.2, 0) is 15.4 Å². The van der Waals surface area contributed by atoms with E-state index in [0.717, 1.165) is 6.26 Å². The third-order valence-electron chi connectivity index (χ3n) is 5.33. The van der Waals surface area contributed by atoms with Gasteiger partial charge in [0.2, 0.25) is 0 Å². The van der Waals surface area contributed by atoms with Gasteiger partial charge in [-0.2, -0.15) is 0 Å². The maximum atomic E-state index is 14.2. The first-order valence-corrected chi connectivity index (χ1v) is 12.9. The Morgan fingerprint density at radius 2 is 1.68 bits per heavy atom. The van der Waals surface area contributed by atoms with E-state index in [2.05, 4.69) is 4.98 Å². The lowest BCUT2D eigenvalue weighted by Gasteiger charge is -2.13. The van der Waals surface area contributed by atoms with E-state index in [0.29, 0.717) is 38.9 Å². The lowest BCUT2D eigenvalue weighted by atomic mass is 10.1. The fourth-order valence-corrected chi connectivity index (χ4v) is 4.66. The minimum Gasteiger partial charge on any atom is -0.384 e. The molecule has 0 saturated heterocycles. The average Bonchev–Trinajstić information content (AvgIpc) is 3.20. The Balaban J connectivity index is 1.87. The van der Waals surface area contributed by atoms with E-state index in [1.807, 2.05) is 0 Å². The van der Waals surface area contributed by atoms with Crippen molar-refractivity contribution in [2.75, 3.05) is 6.26 Å². The Labute approximate surface area is 207 Å². The molecule has 34 heavy (non-hydrogen) atoms. The van der Waals surface area contributed by atoms with Crippen LogP contribution in [0.25, 0.3) is 28.2 Å². The van der Waals surface area contributed by atoms with Gasteiger partial charge in [-0.05, 0) is 61.4 Å². The summed E-state index contributed by atoms with van der Waals surface area (Å²) >= 11 is 12.9. The number of hydrogen-bond acceptors (Lipinski definition) is 4. The SMILES string of the molecule is CC(C)(O)c1cn(-c2ccc(-c3cccc(S(C)(=O)=O)c3)cc2Cl)c(-c2cccc(F)c2Cl)n1. The number of sulfone groups is 1. The number of hydrogen-bond donors (Lipinski definition) is 1. The van der Waals surface area contributed by atoms with Crippen molar-refractivity contribution < 1.29 is 17.9 Å². The summed E-state index contributed by atoms with van der Waals surface area (Å²) in [6, 6.07) is 16.2. The van der Waals surface area contributed by atoms with Gasteiger partial charge in [0.25, 0.3) is 0 Å². The van der Waals surface area contributed by atoms with Crippen molar-refractivity contribution in [1.82, 2.24) is 9.55 Å². The molecule has 4 rings (SSSR count). The predicted octanol–water partition coefficient (Wildman–Crippen LogP) is 6.28. The van der Waals surface area contributed by atoms with Crippen LogP contribution in [0.1, 0.15) is 19.5 Å². The second kappa shape index (κ2) is 8.82. The molecule has 0 bridgehead atoms. The van der Waals surface area contributed by atoms with Crippen LogP contribution in [0.3, 0.4) is 0 Å². The number of imidazole rings is 1. The summed E-state index contributed by atoms with van der Waals surface area (Å²) < 4.78 is 39.7. The van der Waals surface area contributed by atoms with Gasteiger partial charge in [-0.1, -0.05) is 47.5 Å². The summed E-state index contributed by atoms with van der Waals surface area (Å²) in [5, 5.41) is 10.8. The van der Waals surface area contributed by atoms with Crippen molar-refractivity contribution in [3.63, 3.8) is 0 Å². The van der Waals surface area contributed by atoms with Crippen molar-refractivity contribution in [3.8, 4) is 28.2 Å². The average molecular weight is 519 g/mol. The normalized spacial score (nSPS) is 12.2. The molecule has 0 aliphatic carbocycles. The molecule has 5 nitrogen and oxygen atoms in total. The topological polar surface area (TPSA) is 72.2 Å². The van der Waals surface area contributed by atoms with Crippen molar-refractivity contribution in [1.29, 1.82) is 0 Å². The van der Waals surface area contributed by atoms with Gasteiger partial charge < -0.3 is 5.11 Å². The van der Waals surface area contributed by atoms with Gasteiger partial charge in [-0.3, -0.25) is 4.57 Å². The van der Waals surface area contributed by atoms with Crippen LogP contribution >= 0.6 is 23.2 Å². The fraction of sp³-hybridized carbons (Fsp3) is 0.160.